The number of ether oxygens (including phenoxy) is 2. The molecule has 5 rings (SSSR count). The maximum Gasteiger partial charge on any atom is 0.242 e. The molecule has 1 aromatic rings. The van der Waals surface area contributed by atoms with E-state index in [0.717, 1.165) is 29.2 Å². The molecule has 0 saturated heterocycles. The van der Waals surface area contributed by atoms with Crippen LogP contribution in [0.2, 0.25) is 0 Å². The molecule has 5 nitrogen and oxygen atoms in total. The van der Waals surface area contributed by atoms with Gasteiger partial charge in [-0.15, -0.1) is 0 Å². The van der Waals surface area contributed by atoms with Crippen molar-refractivity contribution < 1.29 is 14.3 Å². The second-order valence-electron chi connectivity index (χ2n) is 9.08. The van der Waals surface area contributed by atoms with Crippen LogP contribution < -0.4 is 20.1 Å². The van der Waals surface area contributed by atoms with Gasteiger partial charge in [0.2, 0.25) is 5.91 Å². The molecule has 4 bridgehead atoms. The molecular weight excluding hydrogens is 352 g/mol. The molecule has 1 atom stereocenters. The topological polar surface area (TPSA) is 59.6 Å². The van der Waals surface area contributed by atoms with E-state index in [2.05, 4.69) is 10.6 Å². The van der Waals surface area contributed by atoms with Gasteiger partial charge in [-0.3, -0.25) is 4.79 Å². The smallest absolute Gasteiger partial charge is 0.242 e. The van der Waals surface area contributed by atoms with Crippen LogP contribution >= 0.6 is 0 Å². The molecule has 0 spiro atoms. The maximum atomic E-state index is 13.0. The van der Waals surface area contributed by atoms with Gasteiger partial charge in [-0.1, -0.05) is 0 Å². The summed E-state index contributed by atoms with van der Waals surface area (Å²) in [6.07, 6.45) is 7.68. The average molecular weight is 387 g/mol. The molecular formula is C23H34N2O3. The molecule has 0 heterocycles. The Morgan fingerprint density at radius 1 is 1.04 bits per heavy atom. The minimum absolute atomic E-state index is 0.0527. The van der Waals surface area contributed by atoms with Crippen LogP contribution in [0.1, 0.15) is 59.3 Å². The fourth-order valence-electron chi connectivity index (χ4n) is 6.09. The fraction of sp³-hybridized carbons (Fsp3) is 0.696. The largest absolute Gasteiger partial charge is 0.490 e. The highest BCUT2D eigenvalue weighted by molar-refractivity contribution is 5.85. The zero-order valence-electron chi connectivity index (χ0n) is 17.4. The lowest BCUT2D eigenvalue weighted by Crippen LogP contribution is -2.61. The molecule has 1 amide bonds. The minimum atomic E-state index is -0.291. The molecule has 0 radical (unpaired) electrons. The van der Waals surface area contributed by atoms with Crippen LogP contribution in [-0.2, 0) is 4.79 Å². The van der Waals surface area contributed by atoms with Crippen molar-refractivity contribution in [2.45, 2.75) is 70.9 Å². The van der Waals surface area contributed by atoms with Crippen molar-refractivity contribution >= 4 is 11.6 Å². The Labute approximate surface area is 168 Å². The number of nitrogens with one attached hydrogen (secondary N) is 2. The SMILES string of the molecule is CCOc1ccc(N[C@H](C)C(=O)NC23CC4CC(CC(C4)C2)C3)cc1OCC. The first-order valence-corrected chi connectivity index (χ1v) is 11.0. The third-order valence-corrected chi connectivity index (χ3v) is 6.75. The van der Waals surface area contributed by atoms with Gasteiger partial charge >= 0.3 is 0 Å². The molecule has 28 heavy (non-hydrogen) atoms. The minimum Gasteiger partial charge on any atom is -0.490 e. The molecule has 4 aliphatic carbocycles. The monoisotopic (exact) mass is 386 g/mol. The van der Waals surface area contributed by atoms with Gasteiger partial charge in [-0.2, -0.15) is 0 Å². The number of rotatable bonds is 8. The van der Waals surface area contributed by atoms with Gasteiger partial charge in [0.25, 0.3) is 0 Å². The Hall–Kier alpha value is -1.91. The molecule has 0 unspecified atom stereocenters. The Morgan fingerprint density at radius 2 is 1.61 bits per heavy atom. The standard InChI is InChI=1S/C23H34N2O3/c1-4-27-20-7-6-19(11-21(20)28-5-2)24-15(3)22(26)25-23-12-16-8-17(13-23)10-18(9-16)14-23/h6-7,11,15-18,24H,4-5,8-10,12-14H2,1-3H3,(H,25,26)/t15-,16?,17?,18?,23?/m1/s1. The molecule has 154 valence electrons. The van der Waals surface area contributed by atoms with Crippen molar-refractivity contribution in [3.8, 4) is 11.5 Å². The Kier molecular flexibility index (Phi) is 5.44. The second-order valence-corrected chi connectivity index (χ2v) is 9.08. The summed E-state index contributed by atoms with van der Waals surface area (Å²) in [5.41, 5.74) is 0.928. The molecule has 1 aromatic carbocycles. The average Bonchev–Trinajstić information content (AvgIpc) is 2.62. The van der Waals surface area contributed by atoms with Crippen LogP contribution in [0.5, 0.6) is 11.5 Å². The Balaban J connectivity index is 1.40. The van der Waals surface area contributed by atoms with E-state index in [9.17, 15) is 4.79 Å². The van der Waals surface area contributed by atoms with Crippen molar-refractivity contribution in [2.24, 2.45) is 17.8 Å². The number of hydrogen-bond donors (Lipinski definition) is 2. The predicted octanol–water partition coefficient (Wildman–Crippen LogP) is 4.37. The molecule has 2 N–H and O–H groups in total. The van der Waals surface area contributed by atoms with E-state index in [1.54, 1.807) is 0 Å². The van der Waals surface area contributed by atoms with E-state index in [0.29, 0.717) is 19.0 Å². The van der Waals surface area contributed by atoms with E-state index in [1.165, 1.54) is 38.5 Å². The van der Waals surface area contributed by atoms with Gasteiger partial charge in [0.05, 0.1) is 13.2 Å². The van der Waals surface area contributed by atoms with E-state index in [4.69, 9.17) is 9.47 Å². The third kappa shape index (κ3) is 3.94. The molecule has 5 heteroatoms. The third-order valence-electron chi connectivity index (χ3n) is 6.75. The number of carbonyl (C=O) groups is 1. The van der Waals surface area contributed by atoms with E-state index < -0.39 is 0 Å². The van der Waals surface area contributed by atoms with Gasteiger partial charge in [-0.05, 0) is 89.2 Å². The van der Waals surface area contributed by atoms with Crippen LogP contribution in [0.25, 0.3) is 0 Å². The molecule has 4 aliphatic rings. The quantitative estimate of drug-likeness (QED) is 0.696. The number of amides is 1. The summed E-state index contributed by atoms with van der Waals surface area (Å²) in [7, 11) is 0. The molecule has 4 saturated carbocycles. The molecule has 0 aliphatic heterocycles. The summed E-state index contributed by atoms with van der Waals surface area (Å²) in [6.45, 7) is 7.02. The van der Waals surface area contributed by atoms with E-state index in [1.807, 2.05) is 39.0 Å². The van der Waals surface area contributed by atoms with Crippen molar-refractivity contribution in [2.75, 3.05) is 18.5 Å². The van der Waals surface area contributed by atoms with Gasteiger partial charge in [0, 0.05) is 17.3 Å². The van der Waals surface area contributed by atoms with Crippen LogP contribution in [0.3, 0.4) is 0 Å². The van der Waals surface area contributed by atoms with Gasteiger partial charge in [0.15, 0.2) is 11.5 Å². The summed E-state index contributed by atoms with van der Waals surface area (Å²) >= 11 is 0. The summed E-state index contributed by atoms with van der Waals surface area (Å²) < 4.78 is 11.3. The number of anilines is 1. The molecule has 4 fully saturated rings. The Bertz CT molecular complexity index is 683. The highest BCUT2D eigenvalue weighted by atomic mass is 16.5. The van der Waals surface area contributed by atoms with Crippen molar-refractivity contribution in [3.63, 3.8) is 0 Å². The van der Waals surface area contributed by atoms with Crippen molar-refractivity contribution in [3.05, 3.63) is 18.2 Å². The van der Waals surface area contributed by atoms with Crippen LogP contribution in [-0.4, -0.2) is 30.7 Å². The van der Waals surface area contributed by atoms with E-state index >= 15 is 0 Å². The van der Waals surface area contributed by atoms with Crippen LogP contribution in [0, 0.1) is 17.8 Å². The number of benzene rings is 1. The summed E-state index contributed by atoms with van der Waals surface area (Å²) in [5, 5.41) is 6.80. The summed E-state index contributed by atoms with van der Waals surface area (Å²) in [6, 6.07) is 5.48. The summed E-state index contributed by atoms with van der Waals surface area (Å²) in [4.78, 5) is 13.0. The zero-order valence-corrected chi connectivity index (χ0v) is 17.4. The normalized spacial score (nSPS) is 31.3. The van der Waals surface area contributed by atoms with Crippen LogP contribution in [0.4, 0.5) is 5.69 Å². The predicted molar refractivity (Wildman–Crippen MR) is 111 cm³/mol. The zero-order chi connectivity index (χ0) is 19.7. The van der Waals surface area contributed by atoms with Crippen molar-refractivity contribution in [1.29, 1.82) is 0 Å². The van der Waals surface area contributed by atoms with Crippen LogP contribution in [0.15, 0.2) is 18.2 Å². The lowest BCUT2D eigenvalue weighted by Gasteiger charge is -2.57. The number of hydrogen-bond acceptors (Lipinski definition) is 4. The lowest BCUT2D eigenvalue weighted by atomic mass is 9.53. The first-order valence-electron chi connectivity index (χ1n) is 11.0. The highest BCUT2D eigenvalue weighted by Gasteiger charge is 2.51. The molecule has 0 aromatic heterocycles. The lowest BCUT2D eigenvalue weighted by molar-refractivity contribution is -0.127. The first-order chi connectivity index (χ1) is 13.5. The van der Waals surface area contributed by atoms with Gasteiger partial charge < -0.3 is 20.1 Å². The fourth-order valence-corrected chi connectivity index (χ4v) is 6.09. The number of carbonyl (C=O) groups excluding carboxylic acids is 1. The summed E-state index contributed by atoms with van der Waals surface area (Å²) in [5.74, 6) is 4.04. The van der Waals surface area contributed by atoms with Gasteiger partial charge in [-0.25, -0.2) is 0 Å². The van der Waals surface area contributed by atoms with Gasteiger partial charge in [0.1, 0.15) is 6.04 Å². The van der Waals surface area contributed by atoms with Crippen molar-refractivity contribution in [1.82, 2.24) is 5.32 Å². The van der Waals surface area contributed by atoms with E-state index in [-0.39, 0.29) is 17.5 Å². The highest BCUT2D eigenvalue weighted by Crippen LogP contribution is 2.55. The second kappa shape index (κ2) is 7.84. The first kappa shape index (κ1) is 19.4. The Morgan fingerprint density at radius 3 is 2.18 bits per heavy atom. The maximum absolute atomic E-state index is 13.0.